The maximum atomic E-state index is 6.25. The number of rotatable bonds is 0. The summed E-state index contributed by atoms with van der Waals surface area (Å²) in [5, 5.41) is 37.5. The largest absolute Gasteiger partial charge is 5.00 e. The zero-order valence-electron chi connectivity index (χ0n) is 7.64. The average molecular weight is 357 g/mol. The molecule has 0 aromatic rings. The third-order valence-corrected chi connectivity index (χ3v) is 0. The molecular weight excluding hydrogens is 353 g/mol. The Balaban J connectivity index is -0.00000000321. The van der Waals surface area contributed by atoms with Gasteiger partial charge in [0, 0.05) is 34.1 Å². The normalized spacial score (nSPS) is 0.750. The van der Waals surface area contributed by atoms with Gasteiger partial charge in [0.1, 0.15) is 0 Å². The van der Waals surface area contributed by atoms with Crippen molar-refractivity contribution in [3.63, 3.8) is 0 Å². The van der Waals surface area contributed by atoms with Crippen LogP contribution in [0.1, 0.15) is 0 Å². The molecule has 0 bridgehead atoms. The first kappa shape index (κ1) is 132. The molecule has 0 aliphatic heterocycles. The minimum atomic E-state index is 0. The molecule has 0 heterocycles. The maximum Gasteiger partial charge on any atom is 5.00 e. The van der Waals surface area contributed by atoms with E-state index in [1.54, 1.807) is 0 Å². The van der Waals surface area contributed by atoms with E-state index in [0.29, 0.717) is 0 Å². The topological polar surface area (TPSA) is 179 Å². The molecule has 0 aliphatic rings. The molecule has 16 heavy (non-hydrogen) atoms. The third-order valence-electron chi connectivity index (χ3n) is 0. The fourth-order valence-corrected chi connectivity index (χ4v) is 0. The number of nitrogens with zero attached hydrogens (tertiary/aromatic N) is 6. The fourth-order valence-electron chi connectivity index (χ4n) is 0. The van der Waals surface area contributed by atoms with E-state index >= 15 is 0 Å². The van der Waals surface area contributed by atoms with Crippen molar-refractivity contribution in [1.29, 1.82) is 31.6 Å². The van der Waals surface area contributed by atoms with Crippen molar-refractivity contribution in [2.24, 2.45) is 0 Å². The van der Waals surface area contributed by atoms with E-state index in [2.05, 4.69) is 0 Å². The summed E-state index contributed by atoms with van der Waals surface area (Å²) in [6.45, 7) is 28.5. The van der Waals surface area contributed by atoms with Crippen LogP contribution in [0.5, 0.6) is 0 Å². The average Bonchev–Trinajstić information content (AvgIpc) is 2.33. The minimum Gasteiger partial charge on any atom is -0.512 e. The molecule has 10 heteroatoms. The van der Waals surface area contributed by atoms with E-state index in [4.69, 9.17) is 71.0 Å². The predicted octanol–water partition coefficient (Wildman–Crippen LogP) is 0.947. The van der Waals surface area contributed by atoms with Crippen molar-refractivity contribution in [3.8, 4) is 0 Å². The van der Waals surface area contributed by atoms with E-state index < -0.39 is 0 Å². The summed E-state index contributed by atoms with van der Waals surface area (Å²) in [6, 6.07) is 0. The first-order chi connectivity index (χ1) is 6.00. The Morgan fingerprint density at radius 2 is 0.375 bits per heavy atom. The summed E-state index contributed by atoms with van der Waals surface area (Å²) in [5.41, 5.74) is 0. The second-order valence-corrected chi connectivity index (χ2v) is 0. The molecular formula is C6H4Cu2FeN7. The van der Waals surface area contributed by atoms with Crippen LogP contribution in [0.3, 0.4) is 0 Å². The molecule has 0 spiro atoms. The van der Waals surface area contributed by atoms with E-state index in [1.165, 1.54) is 0 Å². The summed E-state index contributed by atoms with van der Waals surface area (Å²) >= 11 is 0. The summed E-state index contributed by atoms with van der Waals surface area (Å²) in [7, 11) is 0. The molecule has 0 atom stereocenters. The minimum absolute atomic E-state index is 0. The van der Waals surface area contributed by atoms with Gasteiger partial charge in [-0.1, -0.05) is 0 Å². The van der Waals surface area contributed by atoms with Crippen LogP contribution in [-0.4, -0.2) is 0 Å². The Morgan fingerprint density at radius 3 is 0.375 bits per heavy atom. The predicted molar refractivity (Wildman–Crippen MR) is 35.8 cm³/mol. The van der Waals surface area contributed by atoms with Gasteiger partial charge < -0.3 is 77.2 Å². The molecule has 0 aliphatic carbocycles. The van der Waals surface area contributed by atoms with Gasteiger partial charge in [0.15, 0.2) is 0 Å². The molecule has 3 radical (unpaired) electrons. The number of quaternary nitrogens is 1. The quantitative estimate of drug-likeness (QED) is 0.497. The van der Waals surface area contributed by atoms with Crippen LogP contribution in [0.15, 0.2) is 0 Å². The third kappa shape index (κ3) is 688. The van der Waals surface area contributed by atoms with E-state index in [-0.39, 0.29) is 57.4 Å². The summed E-state index contributed by atoms with van der Waals surface area (Å²) in [5.74, 6) is 0. The zero-order valence-corrected chi connectivity index (χ0v) is 10.6. The summed E-state index contributed by atoms with van der Waals surface area (Å²) in [6.07, 6.45) is 0. The Hall–Kier alpha value is -1.54. The van der Waals surface area contributed by atoms with Gasteiger partial charge in [0.2, 0.25) is 0 Å². The Morgan fingerprint density at radius 1 is 0.375 bits per heavy atom. The second-order valence-electron chi connectivity index (χ2n) is 0. The maximum absolute atomic E-state index is 6.25. The summed E-state index contributed by atoms with van der Waals surface area (Å²) < 4.78 is 0. The van der Waals surface area contributed by atoms with E-state index in [1.807, 2.05) is 0 Å². The van der Waals surface area contributed by atoms with Crippen molar-refractivity contribution in [1.82, 2.24) is 6.15 Å². The Kier molecular flexibility index (Phi) is 7240. The van der Waals surface area contributed by atoms with Gasteiger partial charge in [0.05, 0.1) is 0 Å². The second kappa shape index (κ2) is 879. The molecule has 7 nitrogen and oxygen atoms in total. The molecule has 93 valence electrons. The fraction of sp³-hybridized carbons (Fsp3) is 0. The molecule has 0 rings (SSSR count). The number of hydrogen-bond acceptors (Lipinski definition) is 6. The molecule has 0 saturated heterocycles. The van der Waals surface area contributed by atoms with Gasteiger partial charge in [-0.25, -0.2) is 0 Å². The van der Waals surface area contributed by atoms with Crippen molar-refractivity contribution >= 4 is 0 Å². The molecule has 0 aromatic carbocycles. The van der Waals surface area contributed by atoms with Crippen LogP contribution in [0, 0.1) is 71.0 Å². The monoisotopic (exact) mass is 356 g/mol. The van der Waals surface area contributed by atoms with E-state index in [0.717, 1.165) is 0 Å². The Labute approximate surface area is 128 Å². The first-order valence-electron chi connectivity index (χ1n) is 1.34. The summed E-state index contributed by atoms with van der Waals surface area (Å²) in [4.78, 5) is 0. The van der Waals surface area contributed by atoms with Crippen LogP contribution in [0.25, 0.3) is 0 Å². The molecule has 0 fully saturated rings. The van der Waals surface area contributed by atoms with Crippen molar-refractivity contribution in [3.05, 3.63) is 39.4 Å². The SMILES string of the molecule is [C-]#N.[C-]#N.[C-]#N.[C-]#N.[C-]#N.[C-]#N.[Cu].[Cu].[Fe+5].[NH4+]. The van der Waals surface area contributed by atoms with Crippen molar-refractivity contribution in [2.75, 3.05) is 0 Å². The van der Waals surface area contributed by atoms with Crippen LogP contribution >= 0.6 is 0 Å². The van der Waals surface area contributed by atoms with Crippen LogP contribution in [-0.2, 0) is 51.2 Å². The Bertz CT molecular complexity index is 102. The first-order valence-corrected chi connectivity index (χ1v) is 1.34. The number of hydrogen-bond donors (Lipinski definition) is 1. The zero-order chi connectivity index (χ0) is 12.0. The molecule has 0 unspecified atom stereocenters. The van der Waals surface area contributed by atoms with Crippen molar-refractivity contribution in [2.45, 2.75) is 0 Å². The van der Waals surface area contributed by atoms with Crippen LogP contribution < -0.4 is 6.15 Å². The smallest absolute Gasteiger partial charge is 0.512 e. The van der Waals surface area contributed by atoms with Crippen LogP contribution in [0.4, 0.5) is 0 Å². The van der Waals surface area contributed by atoms with Gasteiger partial charge in [-0.05, 0) is 0 Å². The van der Waals surface area contributed by atoms with Gasteiger partial charge in [-0.3, -0.25) is 0 Å². The molecule has 4 N–H and O–H groups in total. The van der Waals surface area contributed by atoms with E-state index in [9.17, 15) is 0 Å². The van der Waals surface area contributed by atoms with Gasteiger partial charge in [-0.15, -0.1) is 0 Å². The molecule has 0 saturated carbocycles. The van der Waals surface area contributed by atoms with Gasteiger partial charge in [0.25, 0.3) is 0 Å². The molecule has 0 amide bonds. The molecule has 0 aromatic heterocycles. The van der Waals surface area contributed by atoms with Crippen LogP contribution in [0.2, 0.25) is 0 Å². The van der Waals surface area contributed by atoms with Crippen molar-refractivity contribution < 1.29 is 51.2 Å². The standard InChI is InChI=1S/6CN.2Cu.Fe.H3N/c6*1-2;;;;/h;;;;;;;;;1H3/q6*-1;;;+5;/p+1. The van der Waals surface area contributed by atoms with Gasteiger partial charge in [-0.2, -0.15) is 0 Å². The van der Waals surface area contributed by atoms with Gasteiger partial charge >= 0.3 is 17.1 Å².